The monoisotopic (exact) mass is 394 g/mol. The van der Waals surface area contributed by atoms with Crippen molar-refractivity contribution in [1.82, 2.24) is 4.57 Å². The molecule has 0 unspecified atom stereocenters. The summed E-state index contributed by atoms with van der Waals surface area (Å²) in [6, 6.07) is 16.0. The number of nitrogens with zero attached hydrogens (tertiary/aromatic N) is 2. The number of aromatic nitrogens is 1. The van der Waals surface area contributed by atoms with Crippen LogP contribution < -0.4 is 4.74 Å². The number of aryl methyl sites for hydroxylation is 1. The van der Waals surface area contributed by atoms with Crippen molar-refractivity contribution >= 4 is 47.1 Å². The summed E-state index contributed by atoms with van der Waals surface area (Å²) < 4.78 is 7.71. The van der Waals surface area contributed by atoms with Crippen LogP contribution in [0.5, 0.6) is 11.6 Å². The zero-order chi connectivity index (χ0) is 18.8. The fraction of sp³-hybridized carbons (Fsp3) is 0.143. The van der Waals surface area contributed by atoms with Crippen LogP contribution in [0, 0.1) is 3.95 Å². The van der Waals surface area contributed by atoms with Gasteiger partial charge in [0.15, 0.2) is 3.95 Å². The number of hydrogen-bond donors (Lipinski definition) is 1. The lowest BCUT2D eigenvalue weighted by molar-refractivity contribution is 0.414. The number of methoxy groups -OCH3 is 1. The molecule has 0 saturated heterocycles. The number of hydrogen-bond acceptors (Lipinski definition) is 5. The van der Waals surface area contributed by atoms with Crippen molar-refractivity contribution < 1.29 is 9.84 Å². The molecule has 4 rings (SSSR count). The number of aliphatic imine (C=N–C) groups is 1. The van der Waals surface area contributed by atoms with Gasteiger partial charge in [-0.2, -0.15) is 0 Å². The fourth-order valence-corrected chi connectivity index (χ4v) is 4.36. The molecule has 0 spiro atoms. The lowest BCUT2D eigenvalue weighted by atomic mass is 10.1. The van der Waals surface area contributed by atoms with Gasteiger partial charge in [-0.3, -0.25) is 9.56 Å². The number of thiazole rings is 1. The molecule has 0 saturated carbocycles. The van der Waals surface area contributed by atoms with Crippen molar-refractivity contribution in [3.8, 4) is 11.6 Å². The van der Waals surface area contributed by atoms with E-state index in [4.69, 9.17) is 17.0 Å². The summed E-state index contributed by atoms with van der Waals surface area (Å²) >= 11 is 6.88. The summed E-state index contributed by atoms with van der Waals surface area (Å²) in [7, 11) is 1.64. The first-order chi connectivity index (χ1) is 13.2. The van der Waals surface area contributed by atoms with Crippen LogP contribution >= 0.6 is 23.6 Å². The number of benzene rings is 2. The molecule has 0 aliphatic carbocycles. The summed E-state index contributed by atoms with van der Waals surface area (Å²) in [4.78, 5) is 5.19. The first-order valence-corrected chi connectivity index (χ1v) is 9.79. The van der Waals surface area contributed by atoms with Crippen molar-refractivity contribution in [3.63, 3.8) is 0 Å². The van der Waals surface area contributed by atoms with Gasteiger partial charge in [-0.1, -0.05) is 30.3 Å². The Kier molecular flexibility index (Phi) is 4.92. The molecule has 136 valence electrons. The largest absolute Gasteiger partial charge is 0.497 e. The van der Waals surface area contributed by atoms with Gasteiger partial charge < -0.3 is 9.84 Å². The Labute approximate surface area is 166 Å². The Morgan fingerprint density at radius 3 is 2.81 bits per heavy atom. The van der Waals surface area contributed by atoms with E-state index in [1.807, 2.05) is 42.5 Å². The van der Waals surface area contributed by atoms with Crippen molar-refractivity contribution in [2.24, 2.45) is 4.99 Å². The Balaban J connectivity index is 1.61. The highest BCUT2D eigenvalue weighted by molar-refractivity contribution is 7.73. The molecule has 1 aliphatic rings. The van der Waals surface area contributed by atoms with Gasteiger partial charge in [-0.05, 0) is 42.4 Å². The zero-order valence-corrected chi connectivity index (χ0v) is 16.4. The lowest BCUT2D eigenvalue weighted by Gasteiger charge is -2.05. The normalized spacial score (nSPS) is 13.9. The molecule has 1 aromatic heterocycles. The third kappa shape index (κ3) is 3.59. The van der Waals surface area contributed by atoms with Crippen LogP contribution in [0.25, 0.3) is 11.6 Å². The molecule has 4 nitrogen and oxygen atoms in total. The molecule has 0 bridgehead atoms. The number of ether oxygens (including phenoxy) is 1. The van der Waals surface area contributed by atoms with Crippen LogP contribution in [0.4, 0.5) is 5.69 Å². The van der Waals surface area contributed by atoms with Gasteiger partial charge in [0.1, 0.15) is 5.75 Å². The van der Waals surface area contributed by atoms with Gasteiger partial charge in [-0.25, -0.2) is 0 Å². The van der Waals surface area contributed by atoms with Crippen molar-refractivity contribution in [1.29, 1.82) is 0 Å². The average molecular weight is 395 g/mol. The second-order valence-corrected chi connectivity index (χ2v) is 7.86. The number of aromatic hydroxyl groups is 1. The predicted octanol–water partition coefficient (Wildman–Crippen LogP) is 5.49. The molecule has 27 heavy (non-hydrogen) atoms. The van der Waals surface area contributed by atoms with Crippen LogP contribution in [0.15, 0.2) is 53.5 Å². The second kappa shape index (κ2) is 7.50. The molecule has 2 heterocycles. The van der Waals surface area contributed by atoms with E-state index in [1.54, 1.807) is 17.9 Å². The summed E-state index contributed by atoms with van der Waals surface area (Å²) in [6.07, 6.45) is 4.57. The van der Waals surface area contributed by atoms with E-state index < -0.39 is 0 Å². The van der Waals surface area contributed by atoms with Crippen LogP contribution in [0.1, 0.15) is 16.0 Å². The highest BCUT2D eigenvalue weighted by atomic mass is 32.1. The summed E-state index contributed by atoms with van der Waals surface area (Å²) in [5.41, 5.74) is 4.06. The van der Waals surface area contributed by atoms with Crippen molar-refractivity contribution in [2.45, 2.75) is 13.0 Å². The van der Waals surface area contributed by atoms with Gasteiger partial charge in [0, 0.05) is 30.0 Å². The highest BCUT2D eigenvalue weighted by Gasteiger charge is 2.16. The Morgan fingerprint density at radius 1 is 1.22 bits per heavy atom. The maximum absolute atomic E-state index is 10.7. The standard InChI is InChI=1S/C21H18N2O2S2/c1-25-16-7-8-17-15(13-22-18(17)12-16)11-19-20(24)23(21(26)27-19)10-9-14-5-3-2-4-6-14/h2-8,11-13,24H,9-10H2,1H3/b15-11+. The number of rotatable bonds is 5. The molecular formula is C21H18N2O2S2. The first kappa shape index (κ1) is 17.7. The molecular weight excluding hydrogens is 376 g/mol. The van der Waals surface area contributed by atoms with Gasteiger partial charge in [0.05, 0.1) is 17.7 Å². The quantitative estimate of drug-likeness (QED) is 0.582. The lowest BCUT2D eigenvalue weighted by Crippen LogP contribution is -2.00. The Hall–Kier alpha value is -2.70. The van der Waals surface area contributed by atoms with Gasteiger partial charge in [-0.15, -0.1) is 11.3 Å². The molecule has 1 aliphatic heterocycles. The van der Waals surface area contributed by atoms with Crippen molar-refractivity contribution in [3.05, 3.63) is 68.5 Å². The number of allylic oxidation sites excluding steroid dienone is 1. The van der Waals surface area contributed by atoms with Crippen LogP contribution in [0.2, 0.25) is 0 Å². The van der Waals surface area contributed by atoms with E-state index in [0.717, 1.165) is 33.9 Å². The highest BCUT2D eigenvalue weighted by Crippen LogP contribution is 2.37. The minimum atomic E-state index is 0.212. The summed E-state index contributed by atoms with van der Waals surface area (Å²) in [6.45, 7) is 0.649. The second-order valence-electron chi connectivity index (χ2n) is 6.18. The zero-order valence-electron chi connectivity index (χ0n) is 14.8. The van der Waals surface area contributed by atoms with E-state index in [9.17, 15) is 5.11 Å². The minimum Gasteiger partial charge on any atom is -0.497 e. The van der Waals surface area contributed by atoms with Crippen LogP contribution in [-0.2, 0) is 13.0 Å². The minimum absolute atomic E-state index is 0.212. The van der Waals surface area contributed by atoms with Crippen LogP contribution in [-0.4, -0.2) is 23.0 Å². The average Bonchev–Trinajstić information content (AvgIpc) is 3.21. The van der Waals surface area contributed by atoms with E-state index in [0.29, 0.717) is 10.5 Å². The Morgan fingerprint density at radius 2 is 2.04 bits per heavy atom. The van der Waals surface area contributed by atoms with Gasteiger partial charge >= 0.3 is 0 Å². The molecule has 0 radical (unpaired) electrons. The smallest absolute Gasteiger partial charge is 0.210 e. The van der Waals surface area contributed by atoms with Gasteiger partial charge in [0.2, 0.25) is 5.88 Å². The molecule has 0 atom stereocenters. The fourth-order valence-electron chi connectivity index (χ4n) is 3.05. The molecule has 3 aromatic rings. The maximum atomic E-state index is 10.7. The molecule has 2 aromatic carbocycles. The summed E-state index contributed by atoms with van der Waals surface area (Å²) in [5.74, 6) is 0.988. The number of fused-ring (bicyclic) bond motifs is 1. The van der Waals surface area contributed by atoms with E-state index in [1.165, 1.54) is 16.9 Å². The predicted molar refractivity (Wildman–Crippen MR) is 114 cm³/mol. The SMILES string of the molecule is COc1ccc2c(c1)N=C/C2=C\c1sc(=S)n(CCc2ccccc2)c1O. The van der Waals surface area contributed by atoms with E-state index >= 15 is 0 Å². The Bertz CT molecular complexity index is 1100. The molecule has 0 amide bonds. The first-order valence-electron chi connectivity index (χ1n) is 8.56. The van der Waals surface area contributed by atoms with Gasteiger partial charge in [0.25, 0.3) is 0 Å². The topological polar surface area (TPSA) is 46.8 Å². The molecule has 0 fully saturated rings. The molecule has 6 heteroatoms. The third-order valence-electron chi connectivity index (χ3n) is 4.51. The van der Waals surface area contributed by atoms with Crippen LogP contribution in [0.3, 0.4) is 0 Å². The summed E-state index contributed by atoms with van der Waals surface area (Å²) in [5, 5.41) is 10.7. The molecule has 1 N–H and O–H groups in total. The van der Waals surface area contributed by atoms with E-state index in [2.05, 4.69) is 17.1 Å². The maximum Gasteiger partial charge on any atom is 0.210 e. The third-order valence-corrected chi connectivity index (χ3v) is 5.89. The van der Waals surface area contributed by atoms with E-state index in [-0.39, 0.29) is 5.88 Å². The van der Waals surface area contributed by atoms with Crippen molar-refractivity contribution in [2.75, 3.05) is 7.11 Å².